The summed E-state index contributed by atoms with van der Waals surface area (Å²) >= 11 is 0. The fourth-order valence-electron chi connectivity index (χ4n) is 0.423. The Morgan fingerprint density at radius 2 is 2.25 bits per heavy atom. The summed E-state index contributed by atoms with van der Waals surface area (Å²) in [5.41, 5.74) is 0. The van der Waals surface area contributed by atoms with E-state index in [0.29, 0.717) is 0 Å². The van der Waals surface area contributed by atoms with E-state index < -0.39 is 0 Å². The molecule has 0 atom stereocenters. The zero-order chi connectivity index (χ0) is 6.24. The smallest absolute Gasteiger partial charge is 0.0669 e. The van der Waals surface area contributed by atoms with Gasteiger partial charge in [-0.15, -0.1) is 0 Å². The number of hydrogen-bond acceptors (Lipinski definition) is 2. The summed E-state index contributed by atoms with van der Waals surface area (Å²) < 4.78 is 0. The lowest BCUT2D eigenvalue weighted by atomic mass is 10.2. The summed E-state index contributed by atoms with van der Waals surface area (Å²) in [6.07, 6.45) is 4.08. The molecule has 0 aromatic heterocycles. The van der Waals surface area contributed by atoms with E-state index in [0.717, 1.165) is 19.3 Å². The lowest BCUT2D eigenvalue weighted by Gasteiger charge is -1.88. The Kier molecular flexibility index (Phi) is 6.01. The van der Waals surface area contributed by atoms with Crippen molar-refractivity contribution in [3.05, 3.63) is 6.42 Å². The predicted octanol–water partition coefficient (Wildman–Crippen LogP) is 0.877. The highest BCUT2D eigenvalue weighted by Crippen LogP contribution is 1.95. The van der Waals surface area contributed by atoms with Gasteiger partial charge in [0.25, 0.3) is 0 Å². The summed E-state index contributed by atoms with van der Waals surface area (Å²) in [5.74, 6) is 0. The third kappa shape index (κ3) is 5.45. The molecule has 0 amide bonds. The Morgan fingerprint density at radius 1 is 1.50 bits per heavy atom. The molecule has 0 heterocycles. The van der Waals surface area contributed by atoms with Gasteiger partial charge in [0.1, 0.15) is 0 Å². The van der Waals surface area contributed by atoms with Crippen LogP contribution in [0.1, 0.15) is 19.3 Å². The van der Waals surface area contributed by atoms with Crippen LogP contribution in [0.4, 0.5) is 0 Å². The maximum atomic E-state index is 8.27. The summed E-state index contributed by atoms with van der Waals surface area (Å²) in [7, 11) is 0. The van der Waals surface area contributed by atoms with E-state index in [1.54, 1.807) is 6.42 Å². The number of aliphatic hydroxyl groups is 1. The Morgan fingerprint density at radius 3 is 2.75 bits per heavy atom. The van der Waals surface area contributed by atoms with E-state index in [1.807, 2.05) is 6.07 Å². The summed E-state index contributed by atoms with van der Waals surface area (Å²) in [6, 6.07) is 1.92. The van der Waals surface area contributed by atoms with E-state index in [2.05, 4.69) is 0 Å². The van der Waals surface area contributed by atoms with Crippen LogP contribution in [-0.4, -0.2) is 11.7 Å². The number of nitrogens with zero attached hydrogens (tertiary/aromatic N) is 1. The molecular weight excluding hydrogens is 102 g/mol. The molecule has 0 saturated carbocycles. The minimum atomic E-state index is 0.235. The second-order valence-corrected chi connectivity index (χ2v) is 1.55. The first-order valence-electron chi connectivity index (χ1n) is 2.74. The molecule has 0 aliphatic rings. The predicted molar refractivity (Wildman–Crippen MR) is 30.8 cm³/mol. The van der Waals surface area contributed by atoms with Crippen molar-refractivity contribution in [1.82, 2.24) is 0 Å². The first-order chi connectivity index (χ1) is 3.91. The van der Waals surface area contributed by atoms with Gasteiger partial charge in [0.15, 0.2) is 0 Å². The molecule has 0 aromatic rings. The van der Waals surface area contributed by atoms with Crippen molar-refractivity contribution in [3.8, 4) is 6.07 Å². The molecule has 45 valence electrons. The SMILES string of the molecule is N#C[CH]CCCCO. The van der Waals surface area contributed by atoms with Gasteiger partial charge in [0.2, 0.25) is 0 Å². The maximum Gasteiger partial charge on any atom is 0.0669 e. The van der Waals surface area contributed by atoms with Gasteiger partial charge in [-0.05, 0) is 19.3 Å². The lowest BCUT2D eigenvalue weighted by molar-refractivity contribution is 0.284. The molecule has 0 aromatic carbocycles. The van der Waals surface area contributed by atoms with Gasteiger partial charge in [0, 0.05) is 6.61 Å². The van der Waals surface area contributed by atoms with Crippen LogP contribution in [0.25, 0.3) is 0 Å². The highest BCUT2D eigenvalue weighted by Gasteiger charge is 1.84. The van der Waals surface area contributed by atoms with Crippen LogP contribution in [-0.2, 0) is 0 Å². The molecule has 0 aliphatic carbocycles. The normalized spacial score (nSPS) is 8.50. The number of rotatable bonds is 4. The molecule has 0 spiro atoms. The minimum Gasteiger partial charge on any atom is -0.396 e. The van der Waals surface area contributed by atoms with Gasteiger partial charge in [-0.1, -0.05) is 0 Å². The lowest BCUT2D eigenvalue weighted by Crippen LogP contribution is -1.81. The van der Waals surface area contributed by atoms with Crippen molar-refractivity contribution >= 4 is 0 Å². The van der Waals surface area contributed by atoms with Crippen LogP contribution in [0.2, 0.25) is 0 Å². The van der Waals surface area contributed by atoms with Gasteiger partial charge in [-0.2, -0.15) is 5.26 Å². The molecule has 1 N–H and O–H groups in total. The van der Waals surface area contributed by atoms with Crippen LogP contribution >= 0.6 is 0 Å². The van der Waals surface area contributed by atoms with E-state index >= 15 is 0 Å². The second kappa shape index (κ2) is 6.45. The molecule has 0 bridgehead atoms. The van der Waals surface area contributed by atoms with Gasteiger partial charge in [0.05, 0.1) is 12.5 Å². The topological polar surface area (TPSA) is 44.0 Å². The van der Waals surface area contributed by atoms with Crippen molar-refractivity contribution in [3.63, 3.8) is 0 Å². The molecule has 0 unspecified atom stereocenters. The van der Waals surface area contributed by atoms with E-state index in [1.165, 1.54) is 0 Å². The van der Waals surface area contributed by atoms with Crippen LogP contribution in [0.5, 0.6) is 0 Å². The number of hydrogen-bond donors (Lipinski definition) is 1. The van der Waals surface area contributed by atoms with Crippen molar-refractivity contribution < 1.29 is 5.11 Å². The zero-order valence-corrected chi connectivity index (χ0v) is 4.80. The Labute approximate surface area is 49.8 Å². The summed E-state index contributed by atoms with van der Waals surface area (Å²) in [4.78, 5) is 0. The molecule has 2 nitrogen and oxygen atoms in total. The largest absolute Gasteiger partial charge is 0.396 e. The molecule has 0 aliphatic heterocycles. The van der Waals surface area contributed by atoms with Crippen LogP contribution in [0.15, 0.2) is 0 Å². The average molecular weight is 112 g/mol. The fraction of sp³-hybridized carbons (Fsp3) is 0.667. The summed E-state index contributed by atoms with van der Waals surface area (Å²) in [6.45, 7) is 0.235. The minimum absolute atomic E-state index is 0.235. The molecule has 2 heteroatoms. The van der Waals surface area contributed by atoms with Crippen molar-refractivity contribution in [2.24, 2.45) is 0 Å². The Bertz CT molecular complexity index is 75.1. The van der Waals surface area contributed by atoms with Crippen molar-refractivity contribution in [1.29, 1.82) is 5.26 Å². The molecule has 0 fully saturated rings. The van der Waals surface area contributed by atoms with Crippen LogP contribution < -0.4 is 0 Å². The number of unbranched alkanes of at least 4 members (excludes halogenated alkanes) is 3. The second-order valence-electron chi connectivity index (χ2n) is 1.55. The summed E-state index contributed by atoms with van der Waals surface area (Å²) in [5, 5.41) is 16.3. The van der Waals surface area contributed by atoms with E-state index in [9.17, 15) is 0 Å². The maximum absolute atomic E-state index is 8.27. The monoisotopic (exact) mass is 112 g/mol. The van der Waals surface area contributed by atoms with Gasteiger partial charge >= 0.3 is 0 Å². The Balaban J connectivity index is 2.65. The first-order valence-corrected chi connectivity index (χ1v) is 2.74. The van der Waals surface area contributed by atoms with Crippen molar-refractivity contribution in [2.45, 2.75) is 19.3 Å². The van der Waals surface area contributed by atoms with Crippen molar-refractivity contribution in [2.75, 3.05) is 6.61 Å². The van der Waals surface area contributed by atoms with E-state index in [-0.39, 0.29) is 6.61 Å². The Hall–Kier alpha value is -0.550. The van der Waals surface area contributed by atoms with Crippen LogP contribution in [0, 0.1) is 17.8 Å². The number of aliphatic hydroxyl groups excluding tert-OH is 1. The van der Waals surface area contributed by atoms with E-state index in [4.69, 9.17) is 10.4 Å². The quantitative estimate of drug-likeness (QED) is 0.548. The van der Waals surface area contributed by atoms with Gasteiger partial charge in [-0.25, -0.2) is 0 Å². The molecule has 0 saturated heterocycles. The standard InChI is InChI=1S/C6H10NO/c7-5-3-1-2-4-6-8/h3,8H,1-2,4,6H2. The fourth-order valence-corrected chi connectivity index (χ4v) is 0.423. The third-order valence-electron chi connectivity index (χ3n) is 0.848. The highest BCUT2D eigenvalue weighted by atomic mass is 16.2. The van der Waals surface area contributed by atoms with Gasteiger partial charge < -0.3 is 5.11 Å². The first kappa shape index (κ1) is 7.45. The molecule has 8 heavy (non-hydrogen) atoms. The highest BCUT2D eigenvalue weighted by molar-refractivity contribution is 4.90. The van der Waals surface area contributed by atoms with Crippen LogP contribution in [0.3, 0.4) is 0 Å². The number of nitriles is 1. The van der Waals surface area contributed by atoms with Gasteiger partial charge in [-0.3, -0.25) is 0 Å². The zero-order valence-electron chi connectivity index (χ0n) is 4.80. The third-order valence-corrected chi connectivity index (χ3v) is 0.848. The molecule has 0 rings (SSSR count). The molecule has 1 radical (unpaired) electrons. The average Bonchev–Trinajstić information content (AvgIpc) is 1.81. The molecular formula is C6H10NO.